The Bertz CT molecular complexity index is 429. The zero-order chi connectivity index (χ0) is 12.5. The van der Waals surface area contributed by atoms with Crippen LogP contribution in [0.3, 0.4) is 0 Å². The Morgan fingerprint density at radius 1 is 1.19 bits per heavy atom. The van der Waals surface area contributed by atoms with E-state index >= 15 is 0 Å². The van der Waals surface area contributed by atoms with Gasteiger partial charge in [-0.25, -0.2) is 13.6 Å². The van der Waals surface area contributed by atoms with E-state index in [9.17, 15) is 26.7 Å². The maximum Gasteiger partial charge on any atom is 0.419 e. The van der Waals surface area contributed by atoms with E-state index in [0.29, 0.717) is 0 Å². The summed E-state index contributed by atoms with van der Waals surface area (Å²) in [7, 11) is 0. The Labute approximate surface area is 85.5 Å². The van der Waals surface area contributed by atoms with Gasteiger partial charge in [-0.15, -0.1) is 0 Å². The number of rotatable bonds is 1. The monoisotopic (exact) mass is 241 g/mol. The zero-order valence-corrected chi connectivity index (χ0v) is 7.40. The first kappa shape index (κ1) is 12.2. The maximum atomic E-state index is 12.9. The standard InChI is InChI=1S/C8H4F5NO2/c9-4-2-6(14-7(15)16)5(10)1-3(4)8(11,12)13/h1-2,14H,(H,15,16). The molecule has 0 bridgehead atoms. The number of alkyl halides is 3. The number of hydrogen-bond acceptors (Lipinski definition) is 1. The smallest absolute Gasteiger partial charge is 0.419 e. The lowest BCUT2D eigenvalue weighted by Crippen LogP contribution is -2.13. The summed E-state index contributed by atoms with van der Waals surface area (Å²) in [6.45, 7) is 0. The van der Waals surface area contributed by atoms with Crippen LogP contribution < -0.4 is 5.32 Å². The van der Waals surface area contributed by atoms with Gasteiger partial charge >= 0.3 is 12.3 Å². The predicted octanol–water partition coefficient (Wildman–Crippen LogP) is 3.07. The summed E-state index contributed by atoms with van der Waals surface area (Å²) in [6.07, 6.45) is -6.75. The van der Waals surface area contributed by atoms with Crippen LogP contribution in [-0.4, -0.2) is 11.2 Å². The van der Waals surface area contributed by atoms with E-state index in [-0.39, 0.29) is 12.1 Å². The van der Waals surface area contributed by atoms with Gasteiger partial charge in [-0.05, 0) is 6.07 Å². The molecular formula is C8H4F5NO2. The molecule has 0 aliphatic heterocycles. The van der Waals surface area contributed by atoms with Crippen LogP contribution in [0.2, 0.25) is 0 Å². The van der Waals surface area contributed by atoms with Crippen molar-refractivity contribution in [2.45, 2.75) is 6.18 Å². The quantitative estimate of drug-likeness (QED) is 0.742. The van der Waals surface area contributed by atoms with Gasteiger partial charge < -0.3 is 5.11 Å². The van der Waals surface area contributed by atoms with Crippen molar-refractivity contribution in [1.82, 2.24) is 0 Å². The molecule has 2 N–H and O–H groups in total. The van der Waals surface area contributed by atoms with Gasteiger partial charge in [-0.1, -0.05) is 0 Å². The van der Waals surface area contributed by atoms with Crippen LogP contribution in [0.5, 0.6) is 0 Å². The number of carbonyl (C=O) groups is 1. The maximum absolute atomic E-state index is 12.9. The van der Waals surface area contributed by atoms with E-state index in [0.717, 1.165) is 0 Å². The van der Waals surface area contributed by atoms with Crippen LogP contribution in [0.15, 0.2) is 12.1 Å². The molecule has 0 aromatic heterocycles. The molecule has 1 rings (SSSR count). The summed E-state index contributed by atoms with van der Waals surface area (Å²) in [4.78, 5) is 10.1. The molecule has 0 heterocycles. The molecule has 16 heavy (non-hydrogen) atoms. The number of halogens is 5. The number of amides is 1. The first-order valence-corrected chi connectivity index (χ1v) is 3.78. The molecular weight excluding hydrogens is 237 g/mol. The minimum absolute atomic E-state index is 0.111. The molecule has 0 spiro atoms. The second-order valence-electron chi connectivity index (χ2n) is 2.74. The van der Waals surface area contributed by atoms with E-state index in [4.69, 9.17) is 5.11 Å². The average Bonchev–Trinajstić information content (AvgIpc) is 2.07. The summed E-state index contributed by atoms with van der Waals surface area (Å²) in [5.74, 6) is -3.26. The molecule has 0 aliphatic carbocycles. The zero-order valence-electron chi connectivity index (χ0n) is 7.40. The first-order chi connectivity index (χ1) is 7.21. The molecule has 0 aliphatic rings. The van der Waals surface area contributed by atoms with E-state index in [1.54, 1.807) is 0 Å². The Hall–Kier alpha value is -1.86. The van der Waals surface area contributed by atoms with E-state index in [1.807, 2.05) is 0 Å². The highest BCUT2D eigenvalue weighted by Gasteiger charge is 2.35. The number of carboxylic acid groups (broad SMARTS) is 1. The van der Waals surface area contributed by atoms with Crippen LogP contribution in [0.1, 0.15) is 5.56 Å². The molecule has 1 aromatic carbocycles. The van der Waals surface area contributed by atoms with Crippen LogP contribution in [0, 0.1) is 11.6 Å². The molecule has 0 atom stereocenters. The number of anilines is 1. The van der Waals surface area contributed by atoms with E-state index in [2.05, 4.69) is 0 Å². The molecule has 1 aromatic rings. The molecule has 0 radical (unpaired) electrons. The third-order valence-electron chi connectivity index (χ3n) is 1.60. The summed E-state index contributed by atoms with van der Waals surface area (Å²) < 4.78 is 62.0. The Kier molecular flexibility index (Phi) is 3.02. The van der Waals surface area contributed by atoms with Crippen LogP contribution in [0.4, 0.5) is 32.4 Å². The largest absolute Gasteiger partial charge is 0.465 e. The van der Waals surface area contributed by atoms with Gasteiger partial charge in [0, 0.05) is 6.07 Å². The molecule has 8 heteroatoms. The van der Waals surface area contributed by atoms with Gasteiger partial charge in [0.15, 0.2) is 0 Å². The van der Waals surface area contributed by atoms with Crippen molar-refractivity contribution >= 4 is 11.8 Å². The Morgan fingerprint density at radius 3 is 2.19 bits per heavy atom. The normalized spacial score (nSPS) is 11.3. The summed E-state index contributed by atoms with van der Waals surface area (Å²) in [5, 5.41) is 9.62. The average molecular weight is 241 g/mol. The molecule has 88 valence electrons. The lowest BCUT2D eigenvalue weighted by atomic mass is 10.1. The fraction of sp³-hybridized carbons (Fsp3) is 0.125. The van der Waals surface area contributed by atoms with Crippen molar-refractivity contribution < 1.29 is 31.9 Å². The second kappa shape index (κ2) is 3.95. The fourth-order valence-electron chi connectivity index (χ4n) is 0.975. The highest BCUT2D eigenvalue weighted by molar-refractivity contribution is 5.83. The minimum atomic E-state index is -5.04. The van der Waals surface area contributed by atoms with Crippen molar-refractivity contribution in [3.63, 3.8) is 0 Å². The SMILES string of the molecule is O=C(O)Nc1cc(F)c(C(F)(F)F)cc1F. The number of benzene rings is 1. The molecule has 0 saturated carbocycles. The molecule has 1 amide bonds. The van der Waals surface area contributed by atoms with E-state index < -0.39 is 35.2 Å². The number of nitrogens with one attached hydrogen (secondary N) is 1. The second-order valence-corrected chi connectivity index (χ2v) is 2.74. The van der Waals surface area contributed by atoms with Crippen LogP contribution >= 0.6 is 0 Å². The lowest BCUT2D eigenvalue weighted by molar-refractivity contribution is -0.140. The van der Waals surface area contributed by atoms with Gasteiger partial charge in [-0.2, -0.15) is 13.2 Å². The predicted molar refractivity (Wildman–Crippen MR) is 43.0 cm³/mol. The van der Waals surface area contributed by atoms with E-state index in [1.165, 1.54) is 5.32 Å². The third-order valence-corrected chi connectivity index (χ3v) is 1.60. The third kappa shape index (κ3) is 2.59. The van der Waals surface area contributed by atoms with Crippen molar-refractivity contribution in [2.24, 2.45) is 0 Å². The van der Waals surface area contributed by atoms with Gasteiger partial charge in [-0.3, -0.25) is 5.32 Å². The molecule has 0 unspecified atom stereocenters. The van der Waals surface area contributed by atoms with Crippen molar-refractivity contribution in [1.29, 1.82) is 0 Å². The topological polar surface area (TPSA) is 49.3 Å². The summed E-state index contributed by atoms with van der Waals surface area (Å²) in [6, 6.07) is 0.0207. The van der Waals surface area contributed by atoms with Gasteiger partial charge in [0.05, 0.1) is 11.3 Å². The summed E-state index contributed by atoms with van der Waals surface area (Å²) >= 11 is 0. The van der Waals surface area contributed by atoms with Gasteiger partial charge in [0.1, 0.15) is 11.6 Å². The minimum Gasteiger partial charge on any atom is -0.465 e. The highest BCUT2D eigenvalue weighted by Crippen LogP contribution is 2.33. The van der Waals surface area contributed by atoms with Crippen LogP contribution in [-0.2, 0) is 6.18 Å². The highest BCUT2D eigenvalue weighted by atomic mass is 19.4. The van der Waals surface area contributed by atoms with Gasteiger partial charge in [0.2, 0.25) is 0 Å². The molecule has 0 fully saturated rings. The van der Waals surface area contributed by atoms with Crippen molar-refractivity contribution in [2.75, 3.05) is 5.32 Å². The fourth-order valence-corrected chi connectivity index (χ4v) is 0.975. The Balaban J connectivity index is 3.22. The van der Waals surface area contributed by atoms with Crippen molar-refractivity contribution in [3.8, 4) is 0 Å². The molecule has 3 nitrogen and oxygen atoms in total. The Morgan fingerprint density at radius 2 is 1.75 bits per heavy atom. The van der Waals surface area contributed by atoms with Crippen molar-refractivity contribution in [3.05, 3.63) is 29.3 Å². The first-order valence-electron chi connectivity index (χ1n) is 3.78. The molecule has 0 saturated heterocycles. The summed E-state index contributed by atoms with van der Waals surface area (Å²) in [5.41, 5.74) is -2.67. The number of hydrogen-bond donors (Lipinski definition) is 2. The lowest BCUT2D eigenvalue weighted by Gasteiger charge is -2.10. The van der Waals surface area contributed by atoms with Crippen LogP contribution in [0.25, 0.3) is 0 Å². The van der Waals surface area contributed by atoms with Gasteiger partial charge in [0.25, 0.3) is 0 Å².